The van der Waals surface area contributed by atoms with Crippen molar-refractivity contribution in [2.24, 2.45) is 0 Å². The Bertz CT molecular complexity index is 673. The first-order valence-electron chi connectivity index (χ1n) is 6.50. The molecule has 1 heterocycles. The fraction of sp³-hybridized carbons (Fsp3) is 0.200. The van der Waals surface area contributed by atoms with Gasteiger partial charge < -0.3 is 15.4 Å². The summed E-state index contributed by atoms with van der Waals surface area (Å²) in [5, 5.41) is 6.89. The van der Waals surface area contributed by atoms with Crippen LogP contribution in [0.5, 0.6) is 5.75 Å². The van der Waals surface area contributed by atoms with E-state index in [1.165, 1.54) is 30.6 Å². The Kier molecular flexibility index (Phi) is 5.11. The monoisotopic (exact) mass is 322 g/mol. The highest BCUT2D eigenvalue weighted by atomic mass is 32.1. The Hall–Kier alpha value is -2.41. The van der Waals surface area contributed by atoms with E-state index in [9.17, 15) is 14.0 Å². The van der Waals surface area contributed by atoms with Gasteiger partial charge in [0.2, 0.25) is 5.91 Å². The zero-order valence-corrected chi connectivity index (χ0v) is 12.9. The van der Waals surface area contributed by atoms with E-state index in [4.69, 9.17) is 4.74 Å². The van der Waals surface area contributed by atoms with Crippen molar-refractivity contribution >= 4 is 28.8 Å². The number of ether oxygens (including phenoxy) is 1. The SMILES string of the molecule is COc1ccc(F)cc1NC(=O)C(C)NC(=O)c1cccs1. The average molecular weight is 322 g/mol. The van der Waals surface area contributed by atoms with Crippen LogP contribution >= 0.6 is 11.3 Å². The molecule has 2 N–H and O–H groups in total. The highest BCUT2D eigenvalue weighted by Gasteiger charge is 2.18. The van der Waals surface area contributed by atoms with Crippen LogP contribution in [0, 0.1) is 5.82 Å². The number of carbonyl (C=O) groups is 2. The molecule has 1 unspecified atom stereocenters. The van der Waals surface area contributed by atoms with E-state index in [1.54, 1.807) is 24.4 Å². The second-order valence-electron chi connectivity index (χ2n) is 4.51. The minimum Gasteiger partial charge on any atom is -0.495 e. The van der Waals surface area contributed by atoms with Crippen LogP contribution in [-0.4, -0.2) is 25.0 Å². The van der Waals surface area contributed by atoms with Gasteiger partial charge in [-0.05, 0) is 30.5 Å². The minimum absolute atomic E-state index is 0.213. The Morgan fingerprint density at radius 3 is 2.73 bits per heavy atom. The smallest absolute Gasteiger partial charge is 0.261 e. The molecule has 1 aromatic carbocycles. The Morgan fingerprint density at radius 1 is 1.32 bits per heavy atom. The maximum absolute atomic E-state index is 13.3. The molecule has 22 heavy (non-hydrogen) atoms. The Labute approximate surface area is 131 Å². The number of hydrogen-bond acceptors (Lipinski definition) is 4. The first kappa shape index (κ1) is 16.0. The number of nitrogens with one attached hydrogen (secondary N) is 2. The van der Waals surface area contributed by atoms with Gasteiger partial charge >= 0.3 is 0 Å². The molecule has 2 amide bonds. The van der Waals surface area contributed by atoms with Gasteiger partial charge in [0.15, 0.2) is 0 Å². The van der Waals surface area contributed by atoms with Crippen LogP contribution in [-0.2, 0) is 4.79 Å². The Balaban J connectivity index is 2.02. The lowest BCUT2D eigenvalue weighted by molar-refractivity contribution is -0.117. The zero-order chi connectivity index (χ0) is 16.1. The van der Waals surface area contributed by atoms with Gasteiger partial charge in [0.1, 0.15) is 17.6 Å². The van der Waals surface area contributed by atoms with E-state index in [0.717, 1.165) is 6.07 Å². The lowest BCUT2D eigenvalue weighted by atomic mass is 10.2. The molecule has 0 spiro atoms. The van der Waals surface area contributed by atoms with Gasteiger partial charge in [-0.1, -0.05) is 6.07 Å². The summed E-state index contributed by atoms with van der Waals surface area (Å²) in [7, 11) is 1.42. The molecule has 0 saturated carbocycles. The maximum Gasteiger partial charge on any atom is 0.261 e. The summed E-state index contributed by atoms with van der Waals surface area (Å²) in [6.45, 7) is 1.55. The molecule has 1 aromatic heterocycles. The summed E-state index contributed by atoms with van der Waals surface area (Å²) < 4.78 is 18.3. The first-order chi connectivity index (χ1) is 10.5. The highest BCUT2D eigenvalue weighted by molar-refractivity contribution is 7.12. The molecule has 0 radical (unpaired) electrons. The van der Waals surface area contributed by atoms with Crippen molar-refractivity contribution in [3.63, 3.8) is 0 Å². The molecule has 116 valence electrons. The van der Waals surface area contributed by atoms with Gasteiger partial charge in [-0.2, -0.15) is 0 Å². The lowest BCUT2D eigenvalue weighted by Crippen LogP contribution is -2.41. The fourth-order valence-corrected chi connectivity index (χ4v) is 2.39. The molecular weight excluding hydrogens is 307 g/mol. The number of thiophene rings is 1. The van der Waals surface area contributed by atoms with Gasteiger partial charge in [-0.15, -0.1) is 11.3 Å². The third kappa shape index (κ3) is 3.82. The number of carbonyl (C=O) groups excluding carboxylic acids is 2. The standard InChI is InChI=1S/C15H15FN2O3S/c1-9(17-15(20)13-4-3-7-22-13)14(19)18-11-8-10(16)5-6-12(11)21-2/h3-9H,1-2H3,(H,17,20)(H,18,19). The Morgan fingerprint density at radius 2 is 2.09 bits per heavy atom. The summed E-state index contributed by atoms with van der Waals surface area (Å²) in [6, 6.07) is 6.45. The van der Waals surface area contributed by atoms with Crippen molar-refractivity contribution in [2.75, 3.05) is 12.4 Å². The van der Waals surface area contributed by atoms with Crippen LogP contribution < -0.4 is 15.4 Å². The van der Waals surface area contributed by atoms with Crippen LogP contribution in [0.4, 0.5) is 10.1 Å². The summed E-state index contributed by atoms with van der Waals surface area (Å²) >= 11 is 1.28. The molecular formula is C15H15FN2O3S. The molecule has 0 aliphatic heterocycles. The van der Waals surface area contributed by atoms with Crippen LogP contribution in [0.2, 0.25) is 0 Å². The van der Waals surface area contributed by atoms with E-state index < -0.39 is 17.8 Å². The number of methoxy groups -OCH3 is 1. The summed E-state index contributed by atoms with van der Waals surface area (Å²) in [5.74, 6) is -0.949. The van der Waals surface area contributed by atoms with Crippen LogP contribution in [0.15, 0.2) is 35.7 Å². The molecule has 2 aromatic rings. The molecule has 1 atom stereocenters. The van der Waals surface area contributed by atoms with Crippen molar-refractivity contribution in [2.45, 2.75) is 13.0 Å². The second-order valence-corrected chi connectivity index (χ2v) is 5.45. The van der Waals surface area contributed by atoms with E-state index in [-0.39, 0.29) is 11.6 Å². The predicted molar refractivity (Wildman–Crippen MR) is 82.8 cm³/mol. The molecule has 5 nitrogen and oxygen atoms in total. The molecule has 0 bridgehead atoms. The van der Waals surface area contributed by atoms with E-state index in [1.807, 2.05) is 0 Å². The van der Waals surface area contributed by atoms with Crippen LogP contribution in [0.25, 0.3) is 0 Å². The summed E-state index contributed by atoms with van der Waals surface area (Å²) in [4.78, 5) is 24.5. The second kappa shape index (κ2) is 7.04. The van der Waals surface area contributed by atoms with Crippen LogP contribution in [0.1, 0.15) is 16.6 Å². The van der Waals surface area contributed by atoms with E-state index in [2.05, 4.69) is 10.6 Å². The molecule has 2 rings (SSSR count). The lowest BCUT2D eigenvalue weighted by Gasteiger charge is -2.15. The van der Waals surface area contributed by atoms with Crippen molar-refractivity contribution in [1.82, 2.24) is 5.32 Å². The van der Waals surface area contributed by atoms with Gasteiger partial charge in [0.25, 0.3) is 5.91 Å². The number of amides is 2. The molecule has 7 heteroatoms. The quantitative estimate of drug-likeness (QED) is 0.889. The number of rotatable bonds is 5. The highest BCUT2D eigenvalue weighted by Crippen LogP contribution is 2.24. The van der Waals surface area contributed by atoms with E-state index in [0.29, 0.717) is 10.6 Å². The predicted octanol–water partition coefficient (Wildman–Crippen LogP) is 2.65. The molecule has 0 aliphatic carbocycles. The van der Waals surface area contributed by atoms with Gasteiger partial charge in [0.05, 0.1) is 17.7 Å². The zero-order valence-electron chi connectivity index (χ0n) is 12.1. The van der Waals surface area contributed by atoms with E-state index >= 15 is 0 Å². The van der Waals surface area contributed by atoms with Crippen molar-refractivity contribution in [3.05, 3.63) is 46.4 Å². The van der Waals surface area contributed by atoms with Gasteiger partial charge in [-0.3, -0.25) is 9.59 Å². The summed E-state index contributed by atoms with van der Waals surface area (Å²) in [6.07, 6.45) is 0. The fourth-order valence-electron chi connectivity index (χ4n) is 1.76. The normalized spacial score (nSPS) is 11.6. The topological polar surface area (TPSA) is 67.4 Å². The number of halogens is 1. The number of benzene rings is 1. The van der Waals surface area contributed by atoms with Crippen LogP contribution in [0.3, 0.4) is 0 Å². The molecule has 0 fully saturated rings. The van der Waals surface area contributed by atoms with Gasteiger partial charge in [0, 0.05) is 6.07 Å². The number of hydrogen-bond donors (Lipinski definition) is 2. The molecule has 0 saturated heterocycles. The first-order valence-corrected chi connectivity index (χ1v) is 7.38. The maximum atomic E-state index is 13.3. The third-order valence-corrected chi connectivity index (χ3v) is 3.77. The largest absolute Gasteiger partial charge is 0.495 e. The van der Waals surface area contributed by atoms with Crippen molar-refractivity contribution in [1.29, 1.82) is 0 Å². The third-order valence-electron chi connectivity index (χ3n) is 2.91. The minimum atomic E-state index is -0.775. The number of anilines is 1. The van der Waals surface area contributed by atoms with Gasteiger partial charge in [-0.25, -0.2) is 4.39 Å². The molecule has 0 aliphatic rings. The van der Waals surface area contributed by atoms with Crippen molar-refractivity contribution in [3.8, 4) is 5.75 Å². The summed E-state index contributed by atoms with van der Waals surface area (Å²) in [5.41, 5.74) is 0.213. The van der Waals surface area contributed by atoms with Crippen molar-refractivity contribution < 1.29 is 18.7 Å². The average Bonchev–Trinajstić information content (AvgIpc) is 3.01.